The van der Waals surface area contributed by atoms with Gasteiger partial charge in [0.1, 0.15) is 11.5 Å². The third-order valence-corrected chi connectivity index (χ3v) is 23.8. The molecule has 4 fully saturated rings. The van der Waals surface area contributed by atoms with Crippen LogP contribution in [0.5, 0.6) is 11.5 Å². The Hall–Kier alpha value is -5.78. The van der Waals surface area contributed by atoms with Crippen molar-refractivity contribution in [2.24, 2.45) is 23.7 Å². The molecule has 2 saturated heterocycles. The van der Waals surface area contributed by atoms with Crippen molar-refractivity contribution < 1.29 is 55.6 Å². The van der Waals surface area contributed by atoms with Gasteiger partial charge in [0.05, 0.1) is 49.0 Å². The molecule has 2 saturated carbocycles. The number of halogens is 2. The zero-order valence-electron chi connectivity index (χ0n) is 52.4. The van der Waals surface area contributed by atoms with Crippen LogP contribution in [0, 0.1) is 23.7 Å². The predicted molar refractivity (Wildman–Crippen MR) is 360 cm³/mol. The number of carbonyl (C=O) groups excluding carboxylic acids is 2. The number of aliphatic hydroxyl groups excluding tert-OH is 2. The van der Waals surface area contributed by atoms with Crippen molar-refractivity contribution in [3.8, 4) is 11.5 Å². The smallest absolute Gasteiger partial charge is 0.304 e. The lowest BCUT2D eigenvalue weighted by Crippen LogP contribution is -2.49. The lowest BCUT2D eigenvalue weighted by Gasteiger charge is -2.45. The molecule has 18 nitrogen and oxygen atoms in total. The summed E-state index contributed by atoms with van der Waals surface area (Å²) >= 11 is 12.8. The summed E-state index contributed by atoms with van der Waals surface area (Å²) < 4.78 is 84.9. The fraction of sp³-hybridized carbons (Fsp3) is 0.514. The van der Waals surface area contributed by atoms with E-state index in [0.29, 0.717) is 74.2 Å². The highest BCUT2D eigenvalue weighted by Crippen LogP contribution is 2.49. The van der Waals surface area contributed by atoms with Crippen LogP contribution in [0.3, 0.4) is 0 Å². The Morgan fingerprint density at radius 3 is 1.38 bits per heavy atom. The van der Waals surface area contributed by atoms with Crippen molar-refractivity contribution in [1.82, 2.24) is 18.1 Å². The summed E-state index contributed by atoms with van der Waals surface area (Å²) in [5.41, 5.74) is 6.24. The molecule has 4 aliphatic carbocycles. The van der Waals surface area contributed by atoms with Gasteiger partial charge < -0.3 is 39.0 Å². The summed E-state index contributed by atoms with van der Waals surface area (Å²) in [5.74, 6) is 0.520. The van der Waals surface area contributed by atoms with Crippen LogP contribution in [0.2, 0.25) is 10.0 Å². The Labute approximate surface area is 552 Å². The molecule has 4 aromatic rings. The highest BCUT2D eigenvalue weighted by molar-refractivity contribution is 7.88. The van der Waals surface area contributed by atoms with Gasteiger partial charge in [-0.05, 0) is 196 Å². The van der Waals surface area contributed by atoms with Gasteiger partial charge in [0.25, 0.3) is 11.8 Å². The number of nitrogens with one attached hydrogen (secondary N) is 2. The van der Waals surface area contributed by atoms with Gasteiger partial charge in [-0.25, -0.2) is 9.44 Å². The molecule has 4 N–H and O–H groups in total. The maximum Gasteiger partial charge on any atom is 0.304 e. The maximum absolute atomic E-state index is 13.6. The standard InChI is InChI=1S/2C35H44ClN3O6S/c2*1-3-16-39(21-28-8-6-17-44-28)46(42,43)37-34(41)25-10-14-33-31(19-25)38(20-26-9-12-29(26)32(40)4-2)22-35(23-45-33)15-5-7-24-18-27(36)11-13-30(24)35/h2*3-4,10-11,13-14,18-19,26,28-29,32,40H,1-2,5-9,12,15-17,20-23H2,(H,37,41)/t2*26-,28?,29+,32-,35-/m00/s1. The van der Waals surface area contributed by atoms with Crippen LogP contribution in [0.15, 0.2) is 123 Å². The number of hydrogen-bond acceptors (Lipinski definition) is 14. The minimum atomic E-state index is -4.16. The van der Waals surface area contributed by atoms with Gasteiger partial charge in [0.2, 0.25) is 0 Å². The number of hydrogen-bond donors (Lipinski definition) is 4. The first-order chi connectivity index (χ1) is 44.2. The molecule has 0 aromatic heterocycles. The summed E-state index contributed by atoms with van der Waals surface area (Å²) in [7, 11) is -8.33. The van der Waals surface area contributed by atoms with Crippen molar-refractivity contribution in [2.75, 3.05) is 88.6 Å². The first kappa shape index (κ1) is 67.6. The Bertz CT molecular complexity index is 3390. The SMILES string of the molecule is C=CCN(CC1CCCO1)S(=O)(=O)NC(=O)c1ccc2c(c1)N(C[C@@H]1CC[C@H]1[C@@H](O)C=C)C[C@@]1(CCCc3cc(Cl)ccc31)CO2.C=CCN(CC1CCCO1)S(=O)(=O)NC(=O)c1ccc2c(c1)N(C[C@@H]1CC[C@H]1[C@@H](O)C=C)C[C@@]1(CCCc3cc(Cl)ccc31)CO2. The highest BCUT2D eigenvalue weighted by atomic mass is 35.5. The Kier molecular flexibility index (Phi) is 21.4. The van der Waals surface area contributed by atoms with E-state index in [0.717, 1.165) is 101 Å². The summed E-state index contributed by atoms with van der Waals surface area (Å²) in [6.45, 7) is 20.2. The van der Waals surface area contributed by atoms with Crippen LogP contribution in [-0.4, -0.2) is 151 Å². The average molecular weight is 1340 g/mol. The number of rotatable bonds is 22. The van der Waals surface area contributed by atoms with E-state index in [1.54, 1.807) is 48.6 Å². The van der Waals surface area contributed by atoms with Crippen molar-refractivity contribution in [2.45, 2.75) is 125 Å². The molecule has 10 atom stereocenters. The fourth-order valence-corrected chi connectivity index (χ4v) is 18.0. The first-order valence-electron chi connectivity index (χ1n) is 32.6. The van der Waals surface area contributed by atoms with Crippen LogP contribution in [0.4, 0.5) is 11.4 Å². The Morgan fingerprint density at radius 2 is 1.02 bits per heavy atom. The molecule has 0 radical (unpaired) electrons. The fourth-order valence-electron chi connectivity index (χ4n) is 15.3. The molecule has 2 unspecified atom stereocenters. The second-order valence-corrected chi connectivity index (χ2v) is 30.6. The van der Waals surface area contributed by atoms with Crippen molar-refractivity contribution in [3.63, 3.8) is 0 Å². The molecule has 4 aliphatic heterocycles. The van der Waals surface area contributed by atoms with E-state index in [-0.39, 0.29) is 84.0 Å². The van der Waals surface area contributed by atoms with E-state index in [1.165, 1.54) is 43.0 Å². The van der Waals surface area contributed by atoms with Gasteiger partial charge in [-0.15, -0.1) is 26.3 Å². The monoisotopic (exact) mass is 1340 g/mol. The summed E-state index contributed by atoms with van der Waals surface area (Å²) in [6.07, 6.45) is 17.5. The molecule has 0 bridgehead atoms. The second-order valence-electron chi connectivity index (χ2n) is 26.4. The second kappa shape index (κ2) is 29.1. The van der Waals surface area contributed by atoms with Crippen LogP contribution in [-0.2, 0) is 53.6 Å². The van der Waals surface area contributed by atoms with E-state index in [9.17, 15) is 36.6 Å². The number of fused-ring (bicyclic) bond motifs is 6. The number of benzene rings is 4. The molecule has 4 heterocycles. The van der Waals surface area contributed by atoms with Crippen molar-refractivity contribution in [3.05, 3.63) is 167 Å². The zero-order chi connectivity index (χ0) is 65.0. The predicted octanol–water partition coefficient (Wildman–Crippen LogP) is 10.1. The number of aryl methyl sites for hydroxylation is 2. The quantitative estimate of drug-likeness (QED) is 0.0539. The third-order valence-electron chi connectivity index (χ3n) is 20.5. The van der Waals surface area contributed by atoms with Gasteiger partial charge in [0, 0.05) is 97.6 Å². The topological polar surface area (TPSA) is 217 Å². The molecule has 2 spiro atoms. The minimum Gasteiger partial charge on any atom is -0.490 e. The van der Waals surface area contributed by atoms with E-state index >= 15 is 0 Å². The lowest BCUT2D eigenvalue weighted by atomic mass is 9.68. The van der Waals surface area contributed by atoms with Crippen molar-refractivity contribution in [1.29, 1.82) is 0 Å². The lowest BCUT2D eigenvalue weighted by molar-refractivity contribution is 0.0458. The number of carbonyl (C=O) groups is 2. The molecular weight excluding hydrogens is 1250 g/mol. The molecule has 12 rings (SSSR count). The average Bonchev–Trinajstić information content (AvgIpc) is 1.49. The highest BCUT2D eigenvalue weighted by Gasteiger charge is 2.47. The Morgan fingerprint density at radius 1 is 0.598 bits per heavy atom. The van der Waals surface area contributed by atoms with Crippen LogP contribution >= 0.6 is 23.2 Å². The van der Waals surface area contributed by atoms with Gasteiger partial charge in [-0.2, -0.15) is 25.4 Å². The number of anilines is 2. The normalized spacial score (nSPS) is 26.3. The molecule has 8 aliphatic rings. The molecule has 4 aromatic carbocycles. The number of aliphatic hydroxyl groups is 2. The first-order valence-corrected chi connectivity index (χ1v) is 36.2. The van der Waals surface area contributed by atoms with Crippen LogP contribution in [0.1, 0.15) is 120 Å². The summed E-state index contributed by atoms with van der Waals surface area (Å²) in [5, 5.41) is 22.7. The van der Waals surface area contributed by atoms with E-state index in [1.807, 2.05) is 12.1 Å². The Balaban J connectivity index is 0.000000188. The number of ether oxygens (including phenoxy) is 4. The van der Waals surface area contributed by atoms with Gasteiger partial charge in [-0.1, -0.05) is 59.6 Å². The molecule has 496 valence electrons. The zero-order valence-corrected chi connectivity index (χ0v) is 55.6. The van der Waals surface area contributed by atoms with Gasteiger partial charge >= 0.3 is 20.4 Å². The van der Waals surface area contributed by atoms with E-state index in [4.69, 9.17) is 42.1 Å². The number of nitrogens with zero attached hydrogens (tertiary/aromatic N) is 4. The largest absolute Gasteiger partial charge is 0.490 e. The van der Waals surface area contributed by atoms with Gasteiger partial charge in [-0.3, -0.25) is 9.59 Å². The van der Waals surface area contributed by atoms with Crippen LogP contribution < -0.4 is 28.7 Å². The molecule has 2 amide bonds. The van der Waals surface area contributed by atoms with Crippen molar-refractivity contribution >= 4 is 66.8 Å². The molecule has 22 heteroatoms. The summed E-state index contributed by atoms with van der Waals surface area (Å²) in [4.78, 5) is 31.7. The maximum atomic E-state index is 13.6. The molecule has 92 heavy (non-hydrogen) atoms. The summed E-state index contributed by atoms with van der Waals surface area (Å²) in [6, 6.07) is 22.5. The minimum absolute atomic E-state index is 0.0577. The van der Waals surface area contributed by atoms with Gasteiger partial charge in [0.15, 0.2) is 0 Å². The van der Waals surface area contributed by atoms with E-state index in [2.05, 4.69) is 69.8 Å². The van der Waals surface area contributed by atoms with Crippen LogP contribution in [0.25, 0.3) is 0 Å². The van der Waals surface area contributed by atoms with E-state index < -0.39 is 44.4 Å². The number of amides is 2. The third kappa shape index (κ3) is 14.8. The molecular formula is C70H88Cl2N6O12S2.